The second-order valence-corrected chi connectivity index (χ2v) is 6.09. The van der Waals surface area contributed by atoms with E-state index in [2.05, 4.69) is 39.4 Å². The molecule has 3 heteroatoms. The molecule has 1 aliphatic rings. The minimum Gasteiger partial charge on any atom is -0.381 e. The van der Waals surface area contributed by atoms with Crippen molar-refractivity contribution in [3.8, 4) is 0 Å². The molecule has 0 radical (unpaired) electrons. The SMILES string of the molecule is Fc1ccc(CNc2cccc3c2CCCC3)c(Br)c1. The van der Waals surface area contributed by atoms with Crippen molar-refractivity contribution in [2.75, 3.05) is 5.32 Å². The molecule has 1 aliphatic carbocycles. The number of benzene rings is 2. The third-order valence-electron chi connectivity index (χ3n) is 3.88. The third kappa shape index (κ3) is 2.88. The lowest BCUT2D eigenvalue weighted by molar-refractivity contribution is 0.626. The van der Waals surface area contributed by atoms with E-state index in [1.54, 1.807) is 0 Å². The Morgan fingerprint density at radius 1 is 1.10 bits per heavy atom. The number of hydrogen-bond donors (Lipinski definition) is 1. The molecule has 0 saturated carbocycles. The highest BCUT2D eigenvalue weighted by Crippen LogP contribution is 2.28. The maximum absolute atomic E-state index is 13.1. The van der Waals surface area contributed by atoms with E-state index in [4.69, 9.17) is 0 Å². The van der Waals surface area contributed by atoms with E-state index in [1.807, 2.05) is 6.07 Å². The second kappa shape index (κ2) is 5.96. The lowest BCUT2D eigenvalue weighted by Crippen LogP contribution is -2.08. The molecular formula is C17H17BrFN. The number of hydrogen-bond acceptors (Lipinski definition) is 1. The first kappa shape index (κ1) is 13.6. The maximum atomic E-state index is 13.1. The van der Waals surface area contributed by atoms with Crippen LogP contribution in [0.15, 0.2) is 40.9 Å². The zero-order valence-corrected chi connectivity index (χ0v) is 12.8. The van der Waals surface area contributed by atoms with Crippen LogP contribution in [0.4, 0.5) is 10.1 Å². The van der Waals surface area contributed by atoms with Gasteiger partial charge in [0.15, 0.2) is 0 Å². The molecule has 0 unspecified atom stereocenters. The van der Waals surface area contributed by atoms with Crippen molar-refractivity contribution in [1.29, 1.82) is 0 Å². The molecule has 0 aromatic heterocycles. The summed E-state index contributed by atoms with van der Waals surface area (Å²) in [6.07, 6.45) is 4.90. The number of halogens is 2. The van der Waals surface area contributed by atoms with Gasteiger partial charge in [-0.1, -0.05) is 34.1 Å². The zero-order valence-electron chi connectivity index (χ0n) is 11.3. The first-order chi connectivity index (χ1) is 9.74. The van der Waals surface area contributed by atoms with Gasteiger partial charge in [0, 0.05) is 16.7 Å². The molecule has 1 N–H and O–H groups in total. The quantitative estimate of drug-likeness (QED) is 0.825. The topological polar surface area (TPSA) is 12.0 Å². The standard InChI is InChI=1S/C17H17BrFN/c18-16-10-14(19)9-8-13(16)11-20-17-7-3-5-12-4-1-2-6-15(12)17/h3,5,7-10,20H,1-2,4,6,11H2. The number of nitrogens with one attached hydrogen (secondary N) is 1. The predicted molar refractivity (Wildman–Crippen MR) is 84.5 cm³/mol. The van der Waals surface area contributed by atoms with Crippen LogP contribution in [0.3, 0.4) is 0 Å². The summed E-state index contributed by atoms with van der Waals surface area (Å²) in [5, 5.41) is 3.50. The van der Waals surface area contributed by atoms with Gasteiger partial charge in [0.25, 0.3) is 0 Å². The summed E-state index contributed by atoms with van der Waals surface area (Å²) in [5.41, 5.74) is 5.22. The molecule has 20 heavy (non-hydrogen) atoms. The predicted octanol–water partition coefficient (Wildman–Crippen LogP) is 5.08. The van der Waals surface area contributed by atoms with Gasteiger partial charge < -0.3 is 5.32 Å². The first-order valence-electron chi connectivity index (χ1n) is 7.02. The Kier molecular flexibility index (Phi) is 4.06. The van der Waals surface area contributed by atoms with E-state index in [9.17, 15) is 4.39 Å². The van der Waals surface area contributed by atoms with Crippen LogP contribution in [0.25, 0.3) is 0 Å². The molecule has 0 atom stereocenters. The molecule has 0 heterocycles. The summed E-state index contributed by atoms with van der Waals surface area (Å²) in [5.74, 6) is -0.210. The molecule has 1 nitrogen and oxygen atoms in total. The van der Waals surface area contributed by atoms with Crippen molar-refractivity contribution in [2.45, 2.75) is 32.2 Å². The average molecular weight is 334 g/mol. The summed E-state index contributed by atoms with van der Waals surface area (Å²) in [6.45, 7) is 0.706. The smallest absolute Gasteiger partial charge is 0.124 e. The maximum Gasteiger partial charge on any atom is 0.124 e. The molecule has 2 aromatic carbocycles. The van der Waals surface area contributed by atoms with Crippen LogP contribution in [0, 0.1) is 5.82 Å². The normalized spacial score (nSPS) is 13.9. The first-order valence-corrected chi connectivity index (χ1v) is 7.82. The molecule has 0 fully saturated rings. The van der Waals surface area contributed by atoms with Gasteiger partial charge >= 0.3 is 0 Å². The third-order valence-corrected chi connectivity index (χ3v) is 4.62. The fraction of sp³-hybridized carbons (Fsp3) is 0.294. The Hall–Kier alpha value is -1.35. The zero-order chi connectivity index (χ0) is 13.9. The van der Waals surface area contributed by atoms with E-state index in [0.717, 1.165) is 16.5 Å². The lowest BCUT2D eigenvalue weighted by atomic mass is 9.90. The number of fused-ring (bicyclic) bond motifs is 1. The lowest BCUT2D eigenvalue weighted by Gasteiger charge is -2.20. The summed E-state index contributed by atoms with van der Waals surface area (Å²) >= 11 is 3.42. The summed E-state index contributed by atoms with van der Waals surface area (Å²) < 4.78 is 13.9. The molecule has 0 spiro atoms. The number of aryl methyl sites for hydroxylation is 1. The van der Waals surface area contributed by atoms with E-state index < -0.39 is 0 Å². The fourth-order valence-electron chi connectivity index (χ4n) is 2.80. The van der Waals surface area contributed by atoms with E-state index in [0.29, 0.717) is 6.54 Å². The van der Waals surface area contributed by atoms with Gasteiger partial charge in [0.1, 0.15) is 5.82 Å². The van der Waals surface area contributed by atoms with Crippen molar-refractivity contribution in [1.82, 2.24) is 0 Å². The molecule has 104 valence electrons. The van der Waals surface area contributed by atoms with Gasteiger partial charge in [0.2, 0.25) is 0 Å². The van der Waals surface area contributed by atoms with Crippen LogP contribution < -0.4 is 5.32 Å². The van der Waals surface area contributed by atoms with E-state index in [-0.39, 0.29) is 5.82 Å². The molecule has 2 aromatic rings. The van der Waals surface area contributed by atoms with Gasteiger partial charge in [-0.05, 0) is 60.6 Å². The molecule has 0 amide bonds. The van der Waals surface area contributed by atoms with Crippen molar-refractivity contribution in [3.63, 3.8) is 0 Å². The van der Waals surface area contributed by atoms with Crippen molar-refractivity contribution in [3.05, 3.63) is 63.4 Å². The Morgan fingerprint density at radius 3 is 2.80 bits per heavy atom. The van der Waals surface area contributed by atoms with Crippen LogP contribution in [0.1, 0.15) is 29.5 Å². The van der Waals surface area contributed by atoms with Gasteiger partial charge in [-0.25, -0.2) is 4.39 Å². The molecule has 3 rings (SSSR count). The van der Waals surface area contributed by atoms with Crippen LogP contribution in [0.2, 0.25) is 0 Å². The highest BCUT2D eigenvalue weighted by Gasteiger charge is 2.12. The van der Waals surface area contributed by atoms with E-state index >= 15 is 0 Å². The largest absolute Gasteiger partial charge is 0.381 e. The van der Waals surface area contributed by atoms with Gasteiger partial charge in [0.05, 0.1) is 0 Å². The van der Waals surface area contributed by atoms with Crippen LogP contribution in [0.5, 0.6) is 0 Å². The Bertz CT molecular complexity index is 624. The number of rotatable bonds is 3. The molecule has 0 bridgehead atoms. The van der Waals surface area contributed by atoms with Gasteiger partial charge in [-0.2, -0.15) is 0 Å². The van der Waals surface area contributed by atoms with E-state index in [1.165, 1.54) is 48.2 Å². The fourth-order valence-corrected chi connectivity index (χ4v) is 3.29. The monoisotopic (exact) mass is 333 g/mol. The van der Waals surface area contributed by atoms with Crippen molar-refractivity contribution >= 4 is 21.6 Å². The van der Waals surface area contributed by atoms with Gasteiger partial charge in [-0.3, -0.25) is 0 Å². The molecular weight excluding hydrogens is 317 g/mol. The average Bonchev–Trinajstić information content (AvgIpc) is 2.46. The summed E-state index contributed by atoms with van der Waals surface area (Å²) in [4.78, 5) is 0. The van der Waals surface area contributed by atoms with Crippen LogP contribution in [-0.2, 0) is 19.4 Å². The van der Waals surface area contributed by atoms with Crippen molar-refractivity contribution < 1.29 is 4.39 Å². The van der Waals surface area contributed by atoms with Crippen molar-refractivity contribution in [2.24, 2.45) is 0 Å². The Morgan fingerprint density at radius 2 is 1.95 bits per heavy atom. The van der Waals surface area contributed by atoms with Crippen LogP contribution in [-0.4, -0.2) is 0 Å². The Labute approximate surface area is 127 Å². The molecule has 0 saturated heterocycles. The summed E-state index contributed by atoms with van der Waals surface area (Å²) in [7, 11) is 0. The minimum absolute atomic E-state index is 0.210. The highest BCUT2D eigenvalue weighted by atomic mass is 79.9. The summed E-state index contributed by atoms with van der Waals surface area (Å²) in [6, 6.07) is 11.3. The van der Waals surface area contributed by atoms with Gasteiger partial charge in [-0.15, -0.1) is 0 Å². The van der Waals surface area contributed by atoms with Crippen LogP contribution >= 0.6 is 15.9 Å². The minimum atomic E-state index is -0.210. The highest BCUT2D eigenvalue weighted by molar-refractivity contribution is 9.10. The molecule has 0 aliphatic heterocycles. The second-order valence-electron chi connectivity index (χ2n) is 5.24. The number of anilines is 1. The Balaban J connectivity index is 1.78.